The second-order valence-corrected chi connectivity index (χ2v) is 4.38. The molecule has 0 aromatic carbocycles. The maximum absolute atomic E-state index is 11.8. The first-order valence-corrected chi connectivity index (χ1v) is 5.57. The van der Waals surface area contributed by atoms with Crippen LogP contribution < -0.4 is 5.32 Å². The molecular weight excluding hydrogens is 218 g/mol. The Bertz CT molecular complexity index is 418. The number of hydrogen-bond acceptors (Lipinski definition) is 3. The number of aliphatic hydroxyl groups is 1. The maximum Gasteiger partial charge on any atom is 0.268 e. The first-order chi connectivity index (χ1) is 8.06. The van der Waals surface area contributed by atoms with E-state index in [0.29, 0.717) is 23.7 Å². The quantitative estimate of drug-likeness (QED) is 0.712. The van der Waals surface area contributed by atoms with Crippen molar-refractivity contribution in [2.75, 3.05) is 6.61 Å². The summed E-state index contributed by atoms with van der Waals surface area (Å²) in [5.41, 5.74) is 0.684. The Labute approximate surface area is 100 Å². The Kier molecular flexibility index (Phi) is 4.73. The molecule has 0 bridgehead atoms. The van der Waals surface area contributed by atoms with Gasteiger partial charge in [-0.1, -0.05) is 13.8 Å². The van der Waals surface area contributed by atoms with Crippen molar-refractivity contribution in [3.05, 3.63) is 23.5 Å². The van der Waals surface area contributed by atoms with Crippen LogP contribution in [0.1, 0.15) is 36.5 Å². The Morgan fingerprint density at radius 1 is 1.59 bits per heavy atom. The van der Waals surface area contributed by atoms with Crippen LogP contribution in [-0.4, -0.2) is 28.6 Å². The van der Waals surface area contributed by atoms with E-state index >= 15 is 0 Å². The third-order valence-electron chi connectivity index (χ3n) is 2.36. The van der Waals surface area contributed by atoms with Crippen LogP contribution in [-0.2, 0) is 0 Å². The van der Waals surface area contributed by atoms with Crippen LogP contribution in [0.3, 0.4) is 0 Å². The number of amides is 1. The molecule has 0 radical (unpaired) electrons. The van der Waals surface area contributed by atoms with Crippen molar-refractivity contribution in [1.82, 2.24) is 10.3 Å². The van der Waals surface area contributed by atoms with E-state index in [-0.39, 0.29) is 18.6 Å². The SMILES string of the molecule is CC(C)CC(CO)NC(=O)c1ccc(C#N)[nH]1. The molecule has 1 heterocycles. The van der Waals surface area contributed by atoms with Crippen molar-refractivity contribution in [3.8, 4) is 6.07 Å². The molecule has 5 heteroatoms. The average Bonchev–Trinajstić information content (AvgIpc) is 2.75. The van der Waals surface area contributed by atoms with Gasteiger partial charge in [-0.3, -0.25) is 4.79 Å². The average molecular weight is 235 g/mol. The van der Waals surface area contributed by atoms with Crippen LogP contribution in [0.2, 0.25) is 0 Å². The predicted octanol–water partition coefficient (Wildman–Crippen LogP) is 1.02. The molecule has 0 saturated heterocycles. The molecule has 1 unspecified atom stereocenters. The molecule has 3 N–H and O–H groups in total. The van der Waals surface area contributed by atoms with E-state index in [1.165, 1.54) is 0 Å². The number of carbonyl (C=O) groups is 1. The van der Waals surface area contributed by atoms with Gasteiger partial charge in [-0.2, -0.15) is 5.26 Å². The highest BCUT2D eigenvalue weighted by molar-refractivity contribution is 5.92. The maximum atomic E-state index is 11.8. The van der Waals surface area contributed by atoms with Gasteiger partial charge in [-0.25, -0.2) is 0 Å². The number of nitrogens with one attached hydrogen (secondary N) is 2. The number of nitrogens with zero attached hydrogens (tertiary/aromatic N) is 1. The van der Waals surface area contributed by atoms with Crippen molar-refractivity contribution in [2.24, 2.45) is 5.92 Å². The number of nitriles is 1. The van der Waals surface area contributed by atoms with Gasteiger partial charge in [0.25, 0.3) is 5.91 Å². The number of carbonyl (C=O) groups excluding carboxylic acids is 1. The number of aromatic amines is 1. The largest absolute Gasteiger partial charge is 0.394 e. The lowest BCUT2D eigenvalue weighted by atomic mass is 10.0. The van der Waals surface area contributed by atoms with Gasteiger partial charge in [0, 0.05) is 0 Å². The smallest absolute Gasteiger partial charge is 0.268 e. The Morgan fingerprint density at radius 3 is 2.76 bits per heavy atom. The Morgan fingerprint density at radius 2 is 2.29 bits per heavy atom. The normalized spacial score (nSPS) is 12.2. The predicted molar refractivity (Wildman–Crippen MR) is 63.3 cm³/mol. The first kappa shape index (κ1) is 13.3. The minimum atomic E-state index is -0.300. The summed E-state index contributed by atoms with van der Waals surface area (Å²) in [5, 5.41) is 20.5. The molecule has 5 nitrogen and oxygen atoms in total. The fraction of sp³-hybridized carbons (Fsp3) is 0.500. The molecule has 0 fully saturated rings. The second-order valence-electron chi connectivity index (χ2n) is 4.38. The summed E-state index contributed by atoms with van der Waals surface area (Å²) in [4.78, 5) is 14.5. The van der Waals surface area contributed by atoms with Crippen LogP contribution in [0.5, 0.6) is 0 Å². The van der Waals surface area contributed by atoms with Gasteiger partial charge in [-0.05, 0) is 24.5 Å². The number of H-pyrrole nitrogens is 1. The molecule has 92 valence electrons. The fourth-order valence-electron chi connectivity index (χ4n) is 1.60. The zero-order valence-corrected chi connectivity index (χ0v) is 10.0. The molecule has 0 spiro atoms. The van der Waals surface area contributed by atoms with Gasteiger partial charge >= 0.3 is 0 Å². The zero-order chi connectivity index (χ0) is 12.8. The van der Waals surface area contributed by atoms with Crippen LogP contribution >= 0.6 is 0 Å². The Balaban J connectivity index is 2.61. The molecule has 0 aliphatic rings. The summed E-state index contributed by atoms with van der Waals surface area (Å²) in [7, 11) is 0. The number of hydrogen-bond donors (Lipinski definition) is 3. The highest BCUT2D eigenvalue weighted by atomic mass is 16.3. The molecule has 1 amide bonds. The van der Waals surface area contributed by atoms with Gasteiger partial charge in [0.15, 0.2) is 0 Å². The van der Waals surface area contributed by atoms with Crippen LogP contribution in [0, 0.1) is 17.2 Å². The summed E-state index contributed by atoms with van der Waals surface area (Å²) in [6, 6.07) is 4.76. The van der Waals surface area contributed by atoms with E-state index in [9.17, 15) is 4.79 Å². The van der Waals surface area contributed by atoms with Gasteiger partial charge in [0.1, 0.15) is 17.5 Å². The van der Waals surface area contributed by atoms with Gasteiger partial charge in [0.05, 0.1) is 12.6 Å². The summed E-state index contributed by atoms with van der Waals surface area (Å²) in [6.07, 6.45) is 0.716. The van der Waals surface area contributed by atoms with Gasteiger partial charge in [0.2, 0.25) is 0 Å². The van der Waals surface area contributed by atoms with E-state index < -0.39 is 0 Å². The number of rotatable bonds is 5. The van der Waals surface area contributed by atoms with Crippen LogP contribution in [0.25, 0.3) is 0 Å². The van der Waals surface area contributed by atoms with Crippen molar-refractivity contribution in [1.29, 1.82) is 5.26 Å². The summed E-state index contributed by atoms with van der Waals surface area (Å²) < 4.78 is 0. The third-order valence-corrected chi connectivity index (χ3v) is 2.36. The fourth-order valence-corrected chi connectivity index (χ4v) is 1.60. The Hall–Kier alpha value is -1.80. The van der Waals surface area contributed by atoms with Gasteiger partial charge < -0.3 is 15.4 Å². The third kappa shape index (κ3) is 3.93. The molecule has 1 atom stereocenters. The van der Waals surface area contributed by atoms with Crippen molar-refractivity contribution in [2.45, 2.75) is 26.3 Å². The molecule has 0 aliphatic heterocycles. The monoisotopic (exact) mass is 235 g/mol. The van der Waals surface area contributed by atoms with E-state index in [1.54, 1.807) is 12.1 Å². The molecule has 17 heavy (non-hydrogen) atoms. The lowest BCUT2D eigenvalue weighted by molar-refractivity contribution is 0.0904. The first-order valence-electron chi connectivity index (χ1n) is 5.57. The number of aromatic nitrogens is 1. The zero-order valence-electron chi connectivity index (χ0n) is 10.0. The molecule has 1 rings (SSSR count). The van der Waals surface area contributed by atoms with E-state index in [0.717, 1.165) is 0 Å². The van der Waals surface area contributed by atoms with Crippen LogP contribution in [0.4, 0.5) is 0 Å². The van der Waals surface area contributed by atoms with Crippen LogP contribution in [0.15, 0.2) is 12.1 Å². The highest BCUT2D eigenvalue weighted by Crippen LogP contribution is 2.06. The lowest BCUT2D eigenvalue weighted by Crippen LogP contribution is -2.38. The van der Waals surface area contributed by atoms with Gasteiger partial charge in [-0.15, -0.1) is 0 Å². The summed E-state index contributed by atoms with van der Waals surface area (Å²) in [6.45, 7) is 3.96. The molecule has 0 saturated carbocycles. The number of aliphatic hydroxyl groups excluding tert-OH is 1. The van der Waals surface area contributed by atoms with E-state index in [4.69, 9.17) is 10.4 Å². The standard InChI is InChI=1S/C12H17N3O2/c1-8(2)5-10(7-16)15-12(17)11-4-3-9(6-13)14-11/h3-4,8,10,14,16H,5,7H2,1-2H3,(H,15,17). The second kappa shape index (κ2) is 6.06. The minimum absolute atomic E-state index is 0.0876. The molecular formula is C12H17N3O2. The van der Waals surface area contributed by atoms with E-state index in [2.05, 4.69) is 10.3 Å². The van der Waals surface area contributed by atoms with E-state index in [1.807, 2.05) is 19.9 Å². The van der Waals surface area contributed by atoms with Crippen molar-refractivity contribution in [3.63, 3.8) is 0 Å². The lowest BCUT2D eigenvalue weighted by Gasteiger charge is -2.17. The molecule has 1 aromatic heterocycles. The minimum Gasteiger partial charge on any atom is -0.394 e. The molecule has 0 aliphatic carbocycles. The summed E-state index contributed by atoms with van der Waals surface area (Å²) >= 11 is 0. The summed E-state index contributed by atoms with van der Waals surface area (Å²) in [5.74, 6) is 0.0944. The van der Waals surface area contributed by atoms with Crippen molar-refractivity contribution >= 4 is 5.91 Å². The van der Waals surface area contributed by atoms with Crippen molar-refractivity contribution < 1.29 is 9.90 Å². The highest BCUT2D eigenvalue weighted by Gasteiger charge is 2.15. The topological polar surface area (TPSA) is 88.9 Å². The molecule has 1 aromatic rings.